The molecule has 27 heavy (non-hydrogen) atoms. The molecule has 1 aliphatic carbocycles. The van der Waals surface area contributed by atoms with Crippen LogP contribution in [0, 0.1) is 16.7 Å². The van der Waals surface area contributed by atoms with Crippen LogP contribution in [0.5, 0.6) is 0 Å². The van der Waals surface area contributed by atoms with Gasteiger partial charge in [0.1, 0.15) is 0 Å². The Balaban J connectivity index is 1.18. The molecule has 3 nitrogen and oxygen atoms in total. The molecule has 0 amide bonds. The lowest BCUT2D eigenvalue weighted by atomic mass is 9.59. The molecule has 0 aromatic carbocycles. The summed E-state index contributed by atoms with van der Waals surface area (Å²) in [6.07, 6.45) is 8.78. The average molecular weight is 376 g/mol. The van der Waals surface area contributed by atoms with Gasteiger partial charge in [-0.05, 0) is 102 Å². The first-order chi connectivity index (χ1) is 12.6. The summed E-state index contributed by atoms with van der Waals surface area (Å²) >= 11 is 0. The van der Waals surface area contributed by atoms with Crippen molar-refractivity contribution in [3.63, 3.8) is 0 Å². The van der Waals surface area contributed by atoms with Crippen molar-refractivity contribution in [1.82, 2.24) is 14.7 Å². The molecular weight excluding hydrogens is 330 g/mol. The largest absolute Gasteiger partial charge is 0.300 e. The zero-order valence-corrected chi connectivity index (χ0v) is 19.1. The number of rotatable bonds is 2. The Morgan fingerprint density at radius 1 is 0.704 bits per heavy atom. The molecule has 0 unspecified atom stereocenters. The van der Waals surface area contributed by atoms with E-state index in [1.165, 1.54) is 77.8 Å². The summed E-state index contributed by atoms with van der Waals surface area (Å²) in [6.45, 7) is 22.4. The Labute approximate surface area is 168 Å². The van der Waals surface area contributed by atoms with E-state index in [1.54, 1.807) is 0 Å². The summed E-state index contributed by atoms with van der Waals surface area (Å²) in [4.78, 5) is 8.31. The van der Waals surface area contributed by atoms with Crippen LogP contribution in [0.3, 0.4) is 0 Å². The second-order valence-corrected chi connectivity index (χ2v) is 12.5. The maximum absolute atomic E-state index is 2.85. The van der Waals surface area contributed by atoms with Gasteiger partial charge in [-0.1, -0.05) is 20.8 Å². The molecule has 3 heteroatoms. The number of nitrogens with zero attached hydrogens (tertiary/aromatic N) is 3. The van der Waals surface area contributed by atoms with Crippen molar-refractivity contribution in [2.45, 2.75) is 97.7 Å². The van der Waals surface area contributed by atoms with Crippen LogP contribution in [0.2, 0.25) is 0 Å². The van der Waals surface area contributed by atoms with E-state index in [0.29, 0.717) is 11.0 Å². The van der Waals surface area contributed by atoms with Crippen LogP contribution in [0.4, 0.5) is 0 Å². The van der Waals surface area contributed by atoms with Crippen LogP contribution >= 0.6 is 0 Å². The van der Waals surface area contributed by atoms with Crippen molar-refractivity contribution in [3.8, 4) is 0 Å². The molecule has 1 saturated carbocycles. The van der Waals surface area contributed by atoms with E-state index in [9.17, 15) is 0 Å². The minimum Gasteiger partial charge on any atom is -0.300 e. The van der Waals surface area contributed by atoms with Gasteiger partial charge < -0.3 is 4.90 Å². The third-order valence-electron chi connectivity index (χ3n) is 8.79. The van der Waals surface area contributed by atoms with Gasteiger partial charge in [-0.2, -0.15) is 0 Å². The highest BCUT2D eigenvalue weighted by Crippen LogP contribution is 2.52. The molecule has 1 spiro atoms. The summed E-state index contributed by atoms with van der Waals surface area (Å²) < 4.78 is 0. The van der Waals surface area contributed by atoms with E-state index in [4.69, 9.17) is 0 Å². The summed E-state index contributed by atoms with van der Waals surface area (Å²) in [7, 11) is 0. The van der Waals surface area contributed by atoms with Crippen molar-refractivity contribution < 1.29 is 0 Å². The molecule has 0 atom stereocenters. The Morgan fingerprint density at radius 2 is 1.22 bits per heavy atom. The van der Waals surface area contributed by atoms with E-state index < -0.39 is 0 Å². The molecule has 3 saturated heterocycles. The molecule has 3 heterocycles. The Bertz CT molecular complexity index is 499. The highest BCUT2D eigenvalue weighted by atomic mass is 15.3. The molecule has 0 aromatic rings. The Kier molecular flexibility index (Phi) is 5.22. The lowest BCUT2D eigenvalue weighted by Crippen LogP contribution is -2.66. The number of likely N-dealkylation sites (tertiary alicyclic amines) is 3. The molecular formula is C24H45N3. The standard InChI is InChI=1S/C24H45N3/c1-22(2,3)19-7-11-25(12-8-19)20-15-24(16-20)9-13-26(14-10-24)21-17-27(18-21)23(4,5)6/h19-21H,7-18H2,1-6H3. The van der Waals surface area contributed by atoms with Gasteiger partial charge in [-0.15, -0.1) is 0 Å². The molecule has 0 aromatic heterocycles. The Hall–Kier alpha value is -0.120. The van der Waals surface area contributed by atoms with E-state index in [1.807, 2.05) is 0 Å². The highest BCUT2D eigenvalue weighted by molar-refractivity contribution is 5.04. The topological polar surface area (TPSA) is 9.72 Å². The Morgan fingerprint density at radius 3 is 1.70 bits per heavy atom. The van der Waals surface area contributed by atoms with Crippen molar-refractivity contribution >= 4 is 0 Å². The normalized spacial score (nSPS) is 30.4. The molecule has 4 fully saturated rings. The third-order valence-corrected chi connectivity index (χ3v) is 8.79. The summed E-state index contributed by atoms with van der Waals surface area (Å²) in [5.74, 6) is 0.932. The first kappa shape index (κ1) is 20.2. The fourth-order valence-corrected chi connectivity index (χ4v) is 6.33. The van der Waals surface area contributed by atoms with Gasteiger partial charge in [0.25, 0.3) is 0 Å². The molecule has 4 rings (SSSR count). The summed E-state index contributed by atoms with van der Waals surface area (Å²) in [5.41, 5.74) is 1.58. The van der Waals surface area contributed by atoms with Crippen molar-refractivity contribution in [2.75, 3.05) is 39.3 Å². The molecule has 0 bridgehead atoms. The number of hydrogen-bond donors (Lipinski definition) is 0. The SMILES string of the molecule is CC(C)(C)C1CCN(C2CC3(CCN(C4CN(C(C)(C)C)C4)CC3)C2)CC1. The average Bonchev–Trinajstić information content (AvgIpc) is 2.50. The van der Waals surface area contributed by atoms with E-state index >= 15 is 0 Å². The maximum Gasteiger partial charge on any atom is 0.0350 e. The molecule has 0 N–H and O–H groups in total. The third kappa shape index (κ3) is 4.12. The smallest absolute Gasteiger partial charge is 0.0350 e. The van der Waals surface area contributed by atoms with Crippen LogP contribution in [0.15, 0.2) is 0 Å². The van der Waals surface area contributed by atoms with Gasteiger partial charge in [0, 0.05) is 30.7 Å². The van der Waals surface area contributed by atoms with Gasteiger partial charge in [-0.3, -0.25) is 9.80 Å². The molecule has 4 aliphatic rings. The van der Waals surface area contributed by atoms with Crippen LogP contribution in [0.1, 0.15) is 80.1 Å². The number of hydrogen-bond acceptors (Lipinski definition) is 3. The monoisotopic (exact) mass is 375 g/mol. The highest BCUT2D eigenvalue weighted by Gasteiger charge is 2.49. The fourth-order valence-electron chi connectivity index (χ4n) is 6.33. The predicted molar refractivity (Wildman–Crippen MR) is 115 cm³/mol. The van der Waals surface area contributed by atoms with Gasteiger partial charge >= 0.3 is 0 Å². The zero-order valence-electron chi connectivity index (χ0n) is 19.1. The van der Waals surface area contributed by atoms with Crippen molar-refractivity contribution in [1.29, 1.82) is 0 Å². The second kappa shape index (κ2) is 6.99. The maximum atomic E-state index is 2.85. The molecule has 156 valence electrons. The molecule has 0 radical (unpaired) electrons. The van der Waals surface area contributed by atoms with Crippen LogP contribution in [0.25, 0.3) is 0 Å². The summed E-state index contributed by atoms with van der Waals surface area (Å²) in [5, 5.41) is 0. The minimum absolute atomic E-state index is 0.356. The first-order valence-corrected chi connectivity index (χ1v) is 11.8. The van der Waals surface area contributed by atoms with Gasteiger partial charge in [0.05, 0.1) is 0 Å². The fraction of sp³-hybridized carbons (Fsp3) is 1.00. The van der Waals surface area contributed by atoms with E-state index in [2.05, 4.69) is 56.2 Å². The van der Waals surface area contributed by atoms with Crippen molar-refractivity contribution in [2.24, 2.45) is 16.7 Å². The van der Waals surface area contributed by atoms with E-state index in [0.717, 1.165) is 23.4 Å². The molecule has 3 aliphatic heterocycles. The first-order valence-electron chi connectivity index (χ1n) is 11.8. The van der Waals surface area contributed by atoms with Gasteiger partial charge in [-0.25, -0.2) is 0 Å². The van der Waals surface area contributed by atoms with Crippen molar-refractivity contribution in [3.05, 3.63) is 0 Å². The predicted octanol–water partition coefficient (Wildman–Crippen LogP) is 4.47. The lowest BCUT2D eigenvalue weighted by Gasteiger charge is -2.59. The minimum atomic E-state index is 0.356. The summed E-state index contributed by atoms with van der Waals surface area (Å²) in [6, 6.07) is 1.76. The quantitative estimate of drug-likeness (QED) is 0.705. The van der Waals surface area contributed by atoms with Gasteiger partial charge in [0.15, 0.2) is 0 Å². The second-order valence-electron chi connectivity index (χ2n) is 12.5. The van der Waals surface area contributed by atoms with Gasteiger partial charge in [0.2, 0.25) is 0 Å². The zero-order chi connectivity index (χ0) is 19.4. The van der Waals surface area contributed by atoms with E-state index in [-0.39, 0.29) is 0 Å². The van der Waals surface area contributed by atoms with Crippen LogP contribution < -0.4 is 0 Å². The lowest BCUT2D eigenvalue weighted by molar-refractivity contribution is -0.0854. The van der Waals surface area contributed by atoms with Crippen LogP contribution in [-0.2, 0) is 0 Å². The number of piperidine rings is 2. The van der Waals surface area contributed by atoms with Crippen LogP contribution in [-0.4, -0.2) is 71.6 Å².